The number of nitrogens with zero attached hydrogens (tertiary/aromatic N) is 3. The molecular formula is C12H21N5. The monoisotopic (exact) mass is 235 g/mol. The summed E-state index contributed by atoms with van der Waals surface area (Å²) in [5, 5.41) is 14.6. The van der Waals surface area contributed by atoms with Gasteiger partial charge in [-0.05, 0) is 26.2 Å². The number of rotatable bonds is 5. The first-order valence-corrected chi connectivity index (χ1v) is 6.50. The zero-order chi connectivity index (χ0) is 12.1. The molecule has 5 heteroatoms. The molecule has 0 spiro atoms. The maximum Gasteiger partial charge on any atom is 0.244 e. The highest BCUT2D eigenvalue weighted by Crippen LogP contribution is 2.21. The maximum absolute atomic E-state index is 4.43. The van der Waals surface area contributed by atoms with Crippen LogP contribution in [0.4, 0.5) is 11.8 Å². The van der Waals surface area contributed by atoms with Crippen molar-refractivity contribution < 1.29 is 0 Å². The van der Waals surface area contributed by atoms with Gasteiger partial charge in [-0.15, -0.1) is 5.10 Å². The normalized spacial score (nSPS) is 18.0. The number of aromatic nitrogens is 3. The molecule has 0 saturated heterocycles. The predicted octanol–water partition coefficient (Wildman–Crippen LogP) is 2.44. The highest BCUT2D eigenvalue weighted by atomic mass is 15.3. The van der Waals surface area contributed by atoms with E-state index < -0.39 is 0 Å². The Morgan fingerprint density at radius 1 is 1.41 bits per heavy atom. The van der Waals surface area contributed by atoms with Crippen LogP contribution in [0.5, 0.6) is 0 Å². The molecular weight excluding hydrogens is 214 g/mol. The van der Waals surface area contributed by atoms with E-state index in [2.05, 4.69) is 39.7 Å². The second-order valence-corrected chi connectivity index (χ2v) is 4.74. The van der Waals surface area contributed by atoms with Crippen LogP contribution in [0.15, 0.2) is 6.20 Å². The van der Waals surface area contributed by atoms with Crippen LogP contribution in [0.25, 0.3) is 0 Å². The molecule has 0 aliphatic heterocycles. The van der Waals surface area contributed by atoms with E-state index in [1.54, 1.807) is 6.20 Å². The fourth-order valence-electron chi connectivity index (χ4n) is 2.04. The summed E-state index contributed by atoms with van der Waals surface area (Å²) in [7, 11) is 0. The third-order valence-corrected chi connectivity index (χ3v) is 3.25. The standard InChI is InChI=1S/C12H21N5/c1-3-9(2)14-12-16-11(8-13-17-12)15-10-6-4-5-7-10/h8-10H,3-7H2,1-2H3,(H2,14,15,16,17). The third-order valence-electron chi connectivity index (χ3n) is 3.25. The molecule has 1 fully saturated rings. The molecule has 1 aliphatic carbocycles. The average Bonchev–Trinajstić information content (AvgIpc) is 2.82. The van der Waals surface area contributed by atoms with Gasteiger partial charge in [-0.1, -0.05) is 19.8 Å². The van der Waals surface area contributed by atoms with Crippen molar-refractivity contribution in [2.24, 2.45) is 0 Å². The number of anilines is 2. The van der Waals surface area contributed by atoms with Gasteiger partial charge in [0.1, 0.15) is 0 Å². The molecule has 0 radical (unpaired) electrons. The summed E-state index contributed by atoms with van der Waals surface area (Å²) in [5.74, 6) is 1.44. The van der Waals surface area contributed by atoms with Crippen molar-refractivity contribution >= 4 is 11.8 Å². The fraction of sp³-hybridized carbons (Fsp3) is 0.750. The van der Waals surface area contributed by atoms with Crippen molar-refractivity contribution in [1.82, 2.24) is 15.2 Å². The molecule has 1 saturated carbocycles. The van der Waals surface area contributed by atoms with E-state index >= 15 is 0 Å². The van der Waals surface area contributed by atoms with Gasteiger partial charge in [-0.3, -0.25) is 0 Å². The Hall–Kier alpha value is -1.39. The molecule has 1 unspecified atom stereocenters. The first-order valence-electron chi connectivity index (χ1n) is 6.50. The molecule has 5 nitrogen and oxygen atoms in total. The van der Waals surface area contributed by atoms with E-state index in [0.717, 1.165) is 12.2 Å². The molecule has 1 atom stereocenters. The lowest BCUT2D eigenvalue weighted by molar-refractivity contribution is 0.734. The Morgan fingerprint density at radius 2 is 2.18 bits per heavy atom. The number of nitrogens with one attached hydrogen (secondary N) is 2. The van der Waals surface area contributed by atoms with Crippen LogP contribution in [-0.2, 0) is 0 Å². The van der Waals surface area contributed by atoms with Crippen LogP contribution < -0.4 is 10.6 Å². The van der Waals surface area contributed by atoms with Crippen molar-refractivity contribution in [2.45, 2.75) is 58.0 Å². The van der Waals surface area contributed by atoms with Crippen LogP contribution in [0, 0.1) is 0 Å². The zero-order valence-electron chi connectivity index (χ0n) is 10.6. The van der Waals surface area contributed by atoms with Gasteiger partial charge in [0.05, 0.1) is 6.20 Å². The summed E-state index contributed by atoms with van der Waals surface area (Å²) < 4.78 is 0. The topological polar surface area (TPSA) is 62.7 Å². The van der Waals surface area contributed by atoms with Gasteiger partial charge in [-0.2, -0.15) is 10.1 Å². The van der Waals surface area contributed by atoms with Gasteiger partial charge in [0.2, 0.25) is 5.95 Å². The van der Waals surface area contributed by atoms with Crippen LogP contribution in [-0.4, -0.2) is 27.3 Å². The van der Waals surface area contributed by atoms with Crippen LogP contribution in [0.1, 0.15) is 46.0 Å². The second-order valence-electron chi connectivity index (χ2n) is 4.74. The molecule has 2 N–H and O–H groups in total. The van der Waals surface area contributed by atoms with Crippen LogP contribution >= 0.6 is 0 Å². The summed E-state index contributed by atoms with van der Waals surface area (Å²) in [6.07, 6.45) is 7.84. The van der Waals surface area contributed by atoms with Crippen LogP contribution in [0.2, 0.25) is 0 Å². The van der Waals surface area contributed by atoms with Gasteiger partial charge in [0, 0.05) is 12.1 Å². The first-order chi connectivity index (χ1) is 8.28. The van der Waals surface area contributed by atoms with Gasteiger partial charge in [0.25, 0.3) is 0 Å². The highest BCUT2D eigenvalue weighted by molar-refractivity contribution is 5.38. The lowest BCUT2D eigenvalue weighted by atomic mass is 10.2. The first kappa shape index (κ1) is 12.1. The molecule has 0 aromatic carbocycles. The minimum atomic E-state index is 0.374. The van der Waals surface area contributed by atoms with E-state index in [0.29, 0.717) is 18.0 Å². The lowest BCUT2D eigenvalue weighted by Gasteiger charge is -2.14. The Bertz CT molecular complexity index is 349. The van der Waals surface area contributed by atoms with Crippen LogP contribution in [0.3, 0.4) is 0 Å². The SMILES string of the molecule is CCC(C)Nc1nncc(NC2CCCC2)n1. The van der Waals surface area contributed by atoms with E-state index in [-0.39, 0.29) is 0 Å². The minimum Gasteiger partial charge on any atom is -0.366 e. The second kappa shape index (κ2) is 5.80. The van der Waals surface area contributed by atoms with Crippen molar-refractivity contribution in [2.75, 3.05) is 10.6 Å². The zero-order valence-corrected chi connectivity index (χ0v) is 10.6. The average molecular weight is 235 g/mol. The molecule has 2 rings (SSSR count). The molecule has 0 amide bonds. The van der Waals surface area contributed by atoms with E-state index in [1.165, 1.54) is 25.7 Å². The van der Waals surface area contributed by atoms with Crippen molar-refractivity contribution in [1.29, 1.82) is 0 Å². The van der Waals surface area contributed by atoms with Gasteiger partial charge >= 0.3 is 0 Å². The summed E-state index contributed by atoms with van der Waals surface area (Å²) >= 11 is 0. The van der Waals surface area contributed by atoms with E-state index in [9.17, 15) is 0 Å². The third kappa shape index (κ3) is 3.54. The van der Waals surface area contributed by atoms with Crippen molar-refractivity contribution in [3.8, 4) is 0 Å². The van der Waals surface area contributed by atoms with Gasteiger partial charge in [0.15, 0.2) is 5.82 Å². The molecule has 1 heterocycles. The van der Waals surface area contributed by atoms with E-state index in [1.807, 2.05) is 0 Å². The van der Waals surface area contributed by atoms with Crippen molar-refractivity contribution in [3.63, 3.8) is 0 Å². The van der Waals surface area contributed by atoms with Crippen molar-refractivity contribution in [3.05, 3.63) is 6.20 Å². The smallest absolute Gasteiger partial charge is 0.244 e. The molecule has 1 aromatic rings. The summed E-state index contributed by atoms with van der Waals surface area (Å²) in [5.41, 5.74) is 0. The molecule has 0 bridgehead atoms. The predicted molar refractivity (Wildman–Crippen MR) is 69.1 cm³/mol. The number of hydrogen-bond acceptors (Lipinski definition) is 5. The number of hydrogen-bond donors (Lipinski definition) is 2. The van der Waals surface area contributed by atoms with E-state index in [4.69, 9.17) is 0 Å². The summed E-state index contributed by atoms with van der Waals surface area (Å²) in [4.78, 5) is 4.43. The molecule has 17 heavy (non-hydrogen) atoms. The fourth-order valence-corrected chi connectivity index (χ4v) is 2.04. The van der Waals surface area contributed by atoms with Gasteiger partial charge < -0.3 is 10.6 Å². The van der Waals surface area contributed by atoms with Gasteiger partial charge in [-0.25, -0.2) is 0 Å². The summed E-state index contributed by atoms with van der Waals surface area (Å²) in [6, 6.07) is 0.932. The minimum absolute atomic E-state index is 0.374. The Morgan fingerprint density at radius 3 is 2.88 bits per heavy atom. The highest BCUT2D eigenvalue weighted by Gasteiger charge is 2.15. The summed E-state index contributed by atoms with van der Waals surface area (Å²) in [6.45, 7) is 4.24. The Balaban J connectivity index is 1.95. The largest absolute Gasteiger partial charge is 0.366 e. The molecule has 94 valence electrons. The lowest BCUT2D eigenvalue weighted by Crippen LogP contribution is -2.19. The Labute approximate surface area is 102 Å². The molecule has 1 aromatic heterocycles. The quantitative estimate of drug-likeness (QED) is 0.820. The Kier molecular flexibility index (Phi) is 4.12. The molecule has 1 aliphatic rings. The maximum atomic E-state index is 4.43.